The van der Waals surface area contributed by atoms with Gasteiger partial charge in [-0.2, -0.15) is 0 Å². The summed E-state index contributed by atoms with van der Waals surface area (Å²) in [5.41, 5.74) is 2.30. The quantitative estimate of drug-likeness (QED) is 0.0701. The minimum Gasteiger partial charge on any atom is -0.477 e. The number of hydrogen-bond acceptors (Lipinski definition) is 9. The van der Waals surface area contributed by atoms with Gasteiger partial charge in [0.05, 0.1) is 0 Å². The van der Waals surface area contributed by atoms with E-state index < -0.39 is 34.7 Å². The predicted octanol–water partition coefficient (Wildman–Crippen LogP) is 4.48. The number of carbonyl (C=O) groups excluding carboxylic acids is 2. The molecule has 3 aromatic carbocycles. The summed E-state index contributed by atoms with van der Waals surface area (Å²) in [6, 6.07) is 28.9. The molecule has 4 aromatic rings. The number of aliphatic carboxylic acids is 1. The molecule has 0 spiro atoms. The molecule has 0 aliphatic carbocycles. The zero-order chi connectivity index (χ0) is 30.8. The number of benzene rings is 3. The summed E-state index contributed by atoms with van der Waals surface area (Å²) in [6.45, 7) is 1.66. The van der Waals surface area contributed by atoms with Gasteiger partial charge < -0.3 is 20.9 Å². The largest absolute Gasteiger partial charge is 0.477 e. The van der Waals surface area contributed by atoms with Crippen molar-refractivity contribution >= 4 is 51.7 Å². The molecule has 10 nitrogen and oxygen atoms in total. The van der Waals surface area contributed by atoms with E-state index >= 15 is 0 Å². The molecule has 0 bridgehead atoms. The maximum absolute atomic E-state index is 13.3. The first-order valence-electron chi connectivity index (χ1n) is 13.7. The van der Waals surface area contributed by atoms with E-state index in [1.807, 2.05) is 91.0 Å². The maximum Gasteiger partial charge on any atom is 0.352 e. The van der Waals surface area contributed by atoms with Crippen LogP contribution in [0.25, 0.3) is 0 Å². The lowest BCUT2D eigenvalue weighted by Crippen LogP contribution is -2.71. The number of fused-ring (bicyclic) bond motifs is 1. The number of carboxylic acid groups (broad SMARTS) is 1. The Bertz CT molecular complexity index is 1680. The van der Waals surface area contributed by atoms with Crippen LogP contribution in [0, 0.1) is 0 Å². The standard InChI is InChI=1S/C32H27N5O5S2/c1-19-17-43-29-25(28(39)37(29)26(19)30(40)41)34-27(38)24(36-42)23-18-44-31(33-23)35-32(20-11-5-2-6-12-20,21-13-7-3-8-14-21)22-15-9-4-10-16-22/h2-16,18,25,29,42H,17H2,1H3,(H,33,35)(H,34,38)(H,40,41)/t25?,29-/m1/s1. The fraction of sp³-hybridized carbons (Fsp3) is 0.156. The van der Waals surface area contributed by atoms with Gasteiger partial charge in [0.25, 0.3) is 11.8 Å². The second kappa shape index (κ2) is 12.0. The zero-order valence-electron chi connectivity index (χ0n) is 23.4. The van der Waals surface area contributed by atoms with E-state index in [0.29, 0.717) is 16.5 Å². The summed E-state index contributed by atoms with van der Waals surface area (Å²) in [5, 5.41) is 30.4. The lowest BCUT2D eigenvalue weighted by atomic mass is 9.77. The lowest BCUT2D eigenvalue weighted by molar-refractivity contribution is -0.150. The first-order valence-corrected chi connectivity index (χ1v) is 15.6. The number of nitrogens with one attached hydrogen (secondary N) is 2. The second-order valence-corrected chi connectivity index (χ2v) is 12.2. The Labute approximate surface area is 261 Å². The van der Waals surface area contributed by atoms with Crippen LogP contribution in [-0.2, 0) is 19.9 Å². The topological polar surface area (TPSA) is 144 Å². The van der Waals surface area contributed by atoms with E-state index in [9.17, 15) is 24.7 Å². The number of amides is 2. The van der Waals surface area contributed by atoms with E-state index in [1.54, 1.807) is 12.3 Å². The minimum absolute atomic E-state index is 0.0609. The van der Waals surface area contributed by atoms with E-state index in [4.69, 9.17) is 0 Å². The maximum atomic E-state index is 13.3. The molecule has 1 saturated heterocycles. The number of nitrogens with zero attached hydrogens (tertiary/aromatic N) is 3. The first kappa shape index (κ1) is 29.1. The molecule has 1 unspecified atom stereocenters. The van der Waals surface area contributed by atoms with Gasteiger partial charge in [0, 0.05) is 11.1 Å². The van der Waals surface area contributed by atoms with Crippen LogP contribution in [0.1, 0.15) is 29.3 Å². The van der Waals surface area contributed by atoms with Crippen LogP contribution < -0.4 is 10.6 Å². The summed E-state index contributed by atoms with van der Waals surface area (Å²) in [5.74, 6) is -2.12. The van der Waals surface area contributed by atoms with Gasteiger partial charge in [-0.1, -0.05) is 96.2 Å². The molecular formula is C32H27N5O5S2. The van der Waals surface area contributed by atoms with Gasteiger partial charge in [0.15, 0.2) is 10.8 Å². The molecule has 2 amide bonds. The summed E-state index contributed by atoms with van der Waals surface area (Å²) >= 11 is 2.60. The number of thiazole rings is 1. The number of carboxylic acids is 1. The van der Waals surface area contributed by atoms with Gasteiger partial charge in [-0.15, -0.1) is 23.1 Å². The Kier molecular flexibility index (Phi) is 7.93. The monoisotopic (exact) mass is 625 g/mol. The van der Waals surface area contributed by atoms with Crippen LogP contribution in [0.4, 0.5) is 5.13 Å². The summed E-state index contributed by atoms with van der Waals surface area (Å²) in [4.78, 5) is 43.7. The highest BCUT2D eigenvalue weighted by atomic mass is 32.2. The number of β-lactam (4-membered cyclic amide) rings is 1. The smallest absolute Gasteiger partial charge is 0.352 e. The molecule has 44 heavy (non-hydrogen) atoms. The molecule has 4 N–H and O–H groups in total. The number of hydrogen-bond donors (Lipinski definition) is 4. The molecule has 222 valence electrons. The van der Waals surface area contributed by atoms with E-state index in [-0.39, 0.29) is 17.1 Å². The molecule has 0 saturated carbocycles. The van der Waals surface area contributed by atoms with Gasteiger partial charge in [0.1, 0.15) is 28.3 Å². The SMILES string of the molecule is CC1=C(C(=O)O)N2C(=O)C(NC(=O)C(=NO)c3csc(NC(c4ccccc4)(c4ccccc4)c4ccccc4)n3)[C@H]2SC1. The highest BCUT2D eigenvalue weighted by Crippen LogP contribution is 2.42. The van der Waals surface area contributed by atoms with E-state index in [2.05, 4.69) is 20.8 Å². The zero-order valence-corrected chi connectivity index (χ0v) is 25.0. The summed E-state index contributed by atoms with van der Waals surface area (Å²) < 4.78 is 0. The molecule has 2 atom stereocenters. The molecule has 0 radical (unpaired) electrons. The highest BCUT2D eigenvalue weighted by Gasteiger charge is 2.54. The average Bonchev–Trinajstić information content (AvgIpc) is 3.51. The minimum atomic E-state index is -1.19. The fourth-order valence-corrected chi connectivity index (χ4v) is 7.62. The van der Waals surface area contributed by atoms with Crippen LogP contribution in [0.5, 0.6) is 0 Å². The van der Waals surface area contributed by atoms with Crippen molar-refractivity contribution < 1.29 is 24.7 Å². The Morgan fingerprint density at radius 2 is 1.50 bits per heavy atom. The normalized spacial score (nSPS) is 18.3. The van der Waals surface area contributed by atoms with Crippen molar-refractivity contribution in [1.82, 2.24) is 15.2 Å². The Hall–Kier alpha value is -4.94. The van der Waals surface area contributed by atoms with Crippen molar-refractivity contribution in [1.29, 1.82) is 0 Å². The van der Waals surface area contributed by atoms with Crippen LogP contribution in [0.3, 0.4) is 0 Å². The van der Waals surface area contributed by atoms with E-state index in [0.717, 1.165) is 16.7 Å². The molecule has 2 aliphatic heterocycles. The van der Waals surface area contributed by atoms with Crippen molar-refractivity contribution in [3.63, 3.8) is 0 Å². The summed E-state index contributed by atoms with van der Waals surface area (Å²) in [6.07, 6.45) is 0. The third-order valence-corrected chi connectivity index (χ3v) is 9.81. The Balaban J connectivity index is 1.29. The van der Waals surface area contributed by atoms with E-state index in [1.165, 1.54) is 28.0 Å². The number of anilines is 1. The third-order valence-electron chi connectivity index (χ3n) is 7.62. The number of thioether (sulfide) groups is 1. The molecule has 1 fully saturated rings. The highest BCUT2D eigenvalue weighted by molar-refractivity contribution is 8.00. The molecule has 12 heteroatoms. The number of rotatable bonds is 9. The molecule has 3 heterocycles. The van der Waals surface area contributed by atoms with Crippen molar-refractivity contribution in [2.24, 2.45) is 5.16 Å². The van der Waals surface area contributed by atoms with Crippen LogP contribution in [0.2, 0.25) is 0 Å². The van der Waals surface area contributed by atoms with Gasteiger partial charge in [0.2, 0.25) is 0 Å². The third kappa shape index (κ3) is 5.01. The average molecular weight is 626 g/mol. The van der Waals surface area contributed by atoms with Gasteiger partial charge in [-0.25, -0.2) is 9.78 Å². The molecular weight excluding hydrogens is 599 g/mol. The molecule has 2 aliphatic rings. The van der Waals surface area contributed by atoms with Crippen LogP contribution >= 0.6 is 23.1 Å². The Morgan fingerprint density at radius 1 is 0.955 bits per heavy atom. The predicted molar refractivity (Wildman–Crippen MR) is 169 cm³/mol. The van der Waals surface area contributed by atoms with Crippen molar-refractivity contribution in [3.05, 3.63) is 130 Å². The Morgan fingerprint density at radius 3 is 2.00 bits per heavy atom. The molecule has 6 rings (SSSR count). The van der Waals surface area contributed by atoms with Crippen molar-refractivity contribution in [2.75, 3.05) is 11.1 Å². The lowest BCUT2D eigenvalue weighted by Gasteiger charge is -2.49. The fourth-order valence-electron chi connectivity index (χ4n) is 5.58. The number of aromatic nitrogens is 1. The van der Waals surface area contributed by atoms with Gasteiger partial charge in [-0.05, 0) is 29.2 Å². The number of carbonyl (C=O) groups is 3. The molecule has 1 aromatic heterocycles. The van der Waals surface area contributed by atoms with Crippen LogP contribution in [0.15, 0.2) is 113 Å². The summed E-state index contributed by atoms with van der Waals surface area (Å²) in [7, 11) is 0. The number of oxime groups is 1. The van der Waals surface area contributed by atoms with Crippen molar-refractivity contribution in [3.8, 4) is 0 Å². The van der Waals surface area contributed by atoms with Crippen LogP contribution in [-0.4, -0.2) is 60.9 Å². The second-order valence-electron chi connectivity index (χ2n) is 10.3. The van der Waals surface area contributed by atoms with Gasteiger partial charge >= 0.3 is 5.97 Å². The van der Waals surface area contributed by atoms with Gasteiger partial charge in [-0.3, -0.25) is 14.5 Å². The van der Waals surface area contributed by atoms with Crippen molar-refractivity contribution in [2.45, 2.75) is 23.9 Å². The first-order chi connectivity index (χ1) is 21.3.